The van der Waals surface area contributed by atoms with Crippen molar-refractivity contribution in [2.75, 3.05) is 6.54 Å². The lowest BCUT2D eigenvalue weighted by Gasteiger charge is -2.64. The lowest BCUT2D eigenvalue weighted by atomic mass is 9.43. The molecule has 6 fully saturated rings. The highest BCUT2D eigenvalue weighted by molar-refractivity contribution is 7.89. The number of hydrogen-bond acceptors (Lipinski definition) is 6. The Kier molecular flexibility index (Phi) is 10.4. The number of amides is 2. The molecule has 49 heavy (non-hydrogen) atoms. The van der Waals surface area contributed by atoms with E-state index in [-0.39, 0.29) is 45.7 Å². The van der Waals surface area contributed by atoms with Gasteiger partial charge in [-0.1, -0.05) is 92.2 Å². The largest absolute Gasteiger partial charge is 0.481 e. The standard InChI is InChI=1S/C38H60BN3O6S/c1-8-13-26-16-18-29(19-17-26)49(45,46)41-38(25(3)4)20-21-42(35(38)44)30(22-27-14-11-10-12-15-27)34(43)40-33(9-2)39-47-32-24-28-23-31(36(28,5)6)37(32,7)48-39/h16-19,25,27-28,30-33,41H,8-15,20-24H2,1-7H3,(H,40,43)/t28-,30+,31-,32?,33+,37+,38?/m1/s1. The van der Waals surface area contributed by atoms with E-state index in [1.807, 2.05) is 32.9 Å². The van der Waals surface area contributed by atoms with Crippen LogP contribution in [-0.2, 0) is 35.3 Å². The lowest BCUT2D eigenvalue weighted by molar-refractivity contribution is -0.199. The van der Waals surface area contributed by atoms with Crippen LogP contribution in [0.5, 0.6) is 0 Å². The molecule has 2 amide bonds. The summed E-state index contributed by atoms with van der Waals surface area (Å²) in [5.74, 6) is 0.201. The summed E-state index contributed by atoms with van der Waals surface area (Å²) in [6.07, 6.45) is 11.0. The monoisotopic (exact) mass is 697 g/mol. The molecule has 7 rings (SSSR count). The molecule has 2 aliphatic heterocycles. The van der Waals surface area contributed by atoms with Crippen LogP contribution < -0.4 is 10.0 Å². The van der Waals surface area contributed by atoms with Crippen molar-refractivity contribution in [1.29, 1.82) is 0 Å². The molecule has 2 heterocycles. The molecule has 0 aromatic heterocycles. The summed E-state index contributed by atoms with van der Waals surface area (Å²) in [4.78, 5) is 30.9. The van der Waals surface area contributed by atoms with Gasteiger partial charge in [-0.25, -0.2) is 8.42 Å². The van der Waals surface area contributed by atoms with Crippen molar-refractivity contribution >= 4 is 29.0 Å². The average Bonchev–Trinajstić information content (AvgIpc) is 3.59. The van der Waals surface area contributed by atoms with E-state index < -0.39 is 28.7 Å². The third-order valence-electron chi connectivity index (χ3n) is 13.5. The van der Waals surface area contributed by atoms with Crippen LogP contribution in [0.1, 0.15) is 125 Å². The number of nitrogens with zero attached hydrogens (tertiary/aromatic N) is 1. The van der Waals surface area contributed by atoms with Gasteiger partial charge < -0.3 is 19.5 Å². The lowest BCUT2D eigenvalue weighted by Crippen LogP contribution is -2.65. The Morgan fingerprint density at radius 1 is 1.06 bits per heavy atom. The molecule has 0 radical (unpaired) electrons. The quantitative estimate of drug-likeness (QED) is 0.243. The van der Waals surface area contributed by atoms with Crippen molar-refractivity contribution in [2.24, 2.45) is 29.1 Å². The van der Waals surface area contributed by atoms with Gasteiger partial charge in [-0.3, -0.25) is 9.59 Å². The molecule has 1 aromatic carbocycles. The molecule has 4 saturated carbocycles. The molecule has 2 N–H and O–H groups in total. The van der Waals surface area contributed by atoms with Gasteiger partial charge in [-0.2, -0.15) is 4.72 Å². The van der Waals surface area contributed by atoms with E-state index >= 15 is 0 Å². The molecule has 4 aliphatic carbocycles. The summed E-state index contributed by atoms with van der Waals surface area (Å²) in [5, 5.41) is 3.30. The highest BCUT2D eigenvalue weighted by atomic mass is 32.2. The van der Waals surface area contributed by atoms with Crippen molar-refractivity contribution in [3.05, 3.63) is 29.8 Å². The Morgan fingerprint density at radius 2 is 1.76 bits per heavy atom. The molecular weight excluding hydrogens is 637 g/mol. The molecule has 2 bridgehead atoms. The summed E-state index contributed by atoms with van der Waals surface area (Å²) < 4.78 is 43.8. The van der Waals surface area contributed by atoms with E-state index in [0.29, 0.717) is 43.6 Å². The molecule has 7 atom stereocenters. The van der Waals surface area contributed by atoms with E-state index in [1.54, 1.807) is 17.0 Å². The zero-order valence-corrected chi connectivity index (χ0v) is 31.7. The Morgan fingerprint density at radius 3 is 2.37 bits per heavy atom. The van der Waals surface area contributed by atoms with Gasteiger partial charge in [0.1, 0.15) is 11.6 Å². The third-order valence-corrected chi connectivity index (χ3v) is 15.0. The SMILES string of the molecule is CCCc1ccc(S(=O)(=O)NC2(C(C)C)CCN([C@@H](CC3CCCCC3)C(=O)N[C@@H](CC)B3OC4C[C@H]5C[C@H](C5(C)C)[C@]4(C)O3)C2=O)cc1. The number of rotatable bonds is 13. The van der Waals surface area contributed by atoms with Crippen molar-refractivity contribution in [1.82, 2.24) is 14.9 Å². The van der Waals surface area contributed by atoms with Gasteiger partial charge >= 0.3 is 7.12 Å². The molecule has 2 saturated heterocycles. The first-order chi connectivity index (χ1) is 23.2. The van der Waals surface area contributed by atoms with Gasteiger partial charge in [0.05, 0.1) is 22.5 Å². The number of benzene rings is 1. The second-order valence-corrected chi connectivity index (χ2v) is 18.7. The molecule has 1 aromatic rings. The average molecular weight is 698 g/mol. The highest BCUT2D eigenvalue weighted by Crippen LogP contribution is 2.65. The van der Waals surface area contributed by atoms with Crippen molar-refractivity contribution in [3.63, 3.8) is 0 Å². The van der Waals surface area contributed by atoms with E-state index in [4.69, 9.17) is 9.31 Å². The summed E-state index contributed by atoms with van der Waals surface area (Å²) in [7, 11) is -4.55. The number of sulfonamides is 1. The fourth-order valence-corrected chi connectivity index (χ4v) is 11.6. The summed E-state index contributed by atoms with van der Waals surface area (Å²) >= 11 is 0. The Bertz CT molecular complexity index is 1480. The van der Waals surface area contributed by atoms with Crippen molar-refractivity contribution in [2.45, 2.75) is 160 Å². The Balaban J connectivity index is 1.22. The molecule has 0 spiro atoms. The Labute approximate surface area is 295 Å². The number of carbonyl (C=O) groups excluding carboxylic acids is 2. The predicted molar refractivity (Wildman–Crippen MR) is 192 cm³/mol. The second kappa shape index (κ2) is 13.9. The van der Waals surface area contributed by atoms with Crippen LogP contribution in [0.15, 0.2) is 29.2 Å². The summed E-state index contributed by atoms with van der Waals surface area (Å²) in [6, 6.07) is 6.23. The molecular formula is C38H60BN3O6S. The smallest absolute Gasteiger partial charge is 0.404 e. The maximum absolute atomic E-state index is 14.6. The van der Waals surface area contributed by atoms with E-state index in [1.165, 1.54) is 6.42 Å². The second-order valence-electron chi connectivity index (χ2n) is 17.0. The van der Waals surface area contributed by atoms with Crippen molar-refractivity contribution in [3.8, 4) is 0 Å². The summed E-state index contributed by atoms with van der Waals surface area (Å²) in [6.45, 7) is 15.1. The highest BCUT2D eigenvalue weighted by Gasteiger charge is 2.68. The first kappa shape index (κ1) is 36.8. The zero-order chi connectivity index (χ0) is 35.4. The van der Waals surface area contributed by atoms with E-state index in [9.17, 15) is 18.0 Å². The van der Waals surface area contributed by atoms with Gasteiger partial charge in [-0.15, -0.1) is 0 Å². The van der Waals surface area contributed by atoms with E-state index in [0.717, 1.165) is 56.9 Å². The maximum Gasteiger partial charge on any atom is 0.481 e. The van der Waals surface area contributed by atoms with Gasteiger partial charge in [0.15, 0.2) is 0 Å². The van der Waals surface area contributed by atoms with Crippen LogP contribution in [0.2, 0.25) is 0 Å². The molecule has 9 nitrogen and oxygen atoms in total. The fourth-order valence-electron chi connectivity index (χ4n) is 10.1. The van der Waals surface area contributed by atoms with Crippen molar-refractivity contribution < 1.29 is 27.3 Å². The van der Waals surface area contributed by atoms with Gasteiger partial charge in [0.25, 0.3) is 0 Å². The number of likely N-dealkylation sites (tertiary alicyclic amines) is 1. The molecule has 272 valence electrons. The third kappa shape index (κ3) is 6.64. The minimum Gasteiger partial charge on any atom is -0.404 e. The van der Waals surface area contributed by atoms with Crippen LogP contribution >= 0.6 is 0 Å². The predicted octanol–water partition coefficient (Wildman–Crippen LogP) is 6.05. The fraction of sp³-hybridized carbons (Fsp3) is 0.789. The van der Waals surface area contributed by atoms with Gasteiger partial charge in [-0.05, 0) is 92.2 Å². The molecule has 2 unspecified atom stereocenters. The molecule has 6 aliphatic rings. The van der Waals surface area contributed by atoms with E-state index in [2.05, 4.69) is 37.7 Å². The first-order valence-electron chi connectivity index (χ1n) is 19.2. The summed E-state index contributed by atoms with van der Waals surface area (Å²) in [5.41, 5.74) is -0.422. The number of hydrogen-bond donors (Lipinski definition) is 2. The van der Waals surface area contributed by atoms with Crippen LogP contribution in [-0.4, -0.2) is 68.0 Å². The topological polar surface area (TPSA) is 114 Å². The van der Waals surface area contributed by atoms with Crippen LogP contribution in [0.25, 0.3) is 0 Å². The number of carbonyl (C=O) groups is 2. The Hall–Kier alpha value is -1.95. The van der Waals surface area contributed by atoms with Crippen LogP contribution in [0.3, 0.4) is 0 Å². The number of nitrogens with one attached hydrogen (secondary N) is 2. The van der Waals surface area contributed by atoms with Crippen LogP contribution in [0.4, 0.5) is 0 Å². The first-order valence-corrected chi connectivity index (χ1v) is 20.7. The normalized spacial score (nSPS) is 32.6. The van der Waals surface area contributed by atoms with Gasteiger partial charge in [0, 0.05) is 6.54 Å². The van der Waals surface area contributed by atoms with Gasteiger partial charge in [0.2, 0.25) is 21.8 Å². The minimum absolute atomic E-state index is 0.0148. The number of aryl methyl sites for hydroxylation is 1. The molecule has 11 heteroatoms. The van der Waals surface area contributed by atoms with Crippen LogP contribution in [0, 0.1) is 29.1 Å². The minimum atomic E-state index is -4.00. The maximum atomic E-state index is 14.6. The zero-order valence-electron chi connectivity index (χ0n) is 30.9.